The molecule has 37 heavy (non-hydrogen) atoms. The molecule has 0 heterocycles. The minimum Gasteiger partial charge on any atom is -0.496 e. The number of aldehydes is 1. The Labute approximate surface area is 216 Å². The highest BCUT2D eigenvalue weighted by molar-refractivity contribution is 5.85. The molecule has 0 N–H and O–H groups in total. The third-order valence-electron chi connectivity index (χ3n) is 7.21. The van der Waals surface area contributed by atoms with Gasteiger partial charge in [0.05, 0.1) is 20.1 Å². The summed E-state index contributed by atoms with van der Waals surface area (Å²) in [5.41, 5.74) is 3.40. The molecular formula is C32H28O5. The van der Waals surface area contributed by atoms with Crippen LogP contribution in [0, 0.1) is 11.8 Å². The molecule has 1 saturated carbocycles. The Morgan fingerprint density at radius 1 is 0.649 bits per heavy atom. The topological polar surface area (TPSA) is 61.8 Å². The summed E-state index contributed by atoms with van der Waals surface area (Å²) in [6.45, 7) is 0. The summed E-state index contributed by atoms with van der Waals surface area (Å²) < 4.78 is 17.3. The van der Waals surface area contributed by atoms with Crippen LogP contribution in [-0.4, -0.2) is 26.5 Å². The lowest BCUT2D eigenvalue weighted by molar-refractivity contribution is -0.148. The Bertz CT molecular complexity index is 1340. The summed E-state index contributed by atoms with van der Waals surface area (Å²) >= 11 is 0. The average molecular weight is 493 g/mol. The molecule has 0 radical (unpaired) electrons. The van der Waals surface area contributed by atoms with E-state index in [0.29, 0.717) is 17.2 Å². The van der Waals surface area contributed by atoms with Gasteiger partial charge >= 0.3 is 5.97 Å². The van der Waals surface area contributed by atoms with Gasteiger partial charge in [-0.2, -0.15) is 0 Å². The Morgan fingerprint density at radius 2 is 1.14 bits per heavy atom. The molecule has 5 rings (SSSR count). The van der Waals surface area contributed by atoms with Crippen molar-refractivity contribution in [2.75, 3.05) is 14.2 Å². The van der Waals surface area contributed by atoms with Crippen molar-refractivity contribution in [3.63, 3.8) is 0 Å². The molecular weight excluding hydrogens is 464 g/mol. The van der Waals surface area contributed by atoms with E-state index in [1.165, 1.54) is 0 Å². The van der Waals surface area contributed by atoms with Crippen LogP contribution in [0.2, 0.25) is 0 Å². The number of rotatable bonds is 8. The van der Waals surface area contributed by atoms with Gasteiger partial charge in [0.15, 0.2) is 0 Å². The molecule has 0 bridgehead atoms. The molecule has 2 atom stereocenters. The van der Waals surface area contributed by atoms with Gasteiger partial charge in [0, 0.05) is 23.3 Å². The van der Waals surface area contributed by atoms with Gasteiger partial charge < -0.3 is 19.0 Å². The summed E-state index contributed by atoms with van der Waals surface area (Å²) in [6.07, 6.45) is 0.940. The van der Waals surface area contributed by atoms with E-state index >= 15 is 0 Å². The first kappa shape index (κ1) is 24.3. The maximum Gasteiger partial charge on any atom is 0.315 e. The molecule has 5 nitrogen and oxygen atoms in total. The maximum absolute atomic E-state index is 14.0. The third kappa shape index (κ3) is 4.49. The van der Waals surface area contributed by atoms with Crippen molar-refractivity contribution >= 4 is 12.3 Å². The quantitative estimate of drug-likeness (QED) is 0.164. The Kier molecular flexibility index (Phi) is 7.04. The van der Waals surface area contributed by atoms with Crippen LogP contribution in [0.1, 0.15) is 23.0 Å². The van der Waals surface area contributed by atoms with Crippen LogP contribution in [0.4, 0.5) is 0 Å². The standard InChI is InChI=1S/C32H28O5/c1-35-26-17-9-7-15-23(26)29-25(20-33)30(24-16-8-10-18-27(24)36-2)31(29)32(34)37-28-19-11-6-14-22(28)21-12-4-3-5-13-21/h3-20,25,29-31H,1-2H3/t25-,29-,30-,31-/m0/s1. The second-order valence-electron chi connectivity index (χ2n) is 9.06. The first-order valence-corrected chi connectivity index (χ1v) is 12.2. The molecule has 186 valence electrons. The highest BCUT2D eigenvalue weighted by Gasteiger charge is 2.57. The number of ether oxygens (including phenoxy) is 3. The second kappa shape index (κ2) is 10.7. The number of carbonyl (C=O) groups is 2. The molecule has 0 unspecified atom stereocenters. The van der Waals surface area contributed by atoms with E-state index < -0.39 is 29.6 Å². The van der Waals surface area contributed by atoms with E-state index in [1.54, 1.807) is 20.3 Å². The number of carbonyl (C=O) groups excluding carboxylic acids is 2. The molecule has 0 aliphatic heterocycles. The van der Waals surface area contributed by atoms with Crippen molar-refractivity contribution in [1.82, 2.24) is 0 Å². The van der Waals surface area contributed by atoms with Gasteiger partial charge in [0.1, 0.15) is 23.5 Å². The average Bonchev–Trinajstić information content (AvgIpc) is 2.94. The molecule has 0 aromatic heterocycles. The number of benzene rings is 4. The zero-order chi connectivity index (χ0) is 25.8. The molecule has 0 amide bonds. The van der Waals surface area contributed by atoms with Crippen molar-refractivity contribution in [3.8, 4) is 28.4 Å². The summed E-state index contributed by atoms with van der Waals surface area (Å²) in [6, 6.07) is 32.4. The normalized spacial score (nSPS) is 20.4. The van der Waals surface area contributed by atoms with Crippen LogP contribution >= 0.6 is 0 Å². The van der Waals surface area contributed by atoms with Gasteiger partial charge in [-0.25, -0.2) is 0 Å². The number of hydrogen-bond donors (Lipinski definition) is 0. The molecule has 1 aliphatic rings. The zero-order valence-corrected chi connectivity index (χ0v) is 20.7. The number of para-hydroxylation sites is 3. The van der Waals surface area contributed by atoms with Gasteiger partial charge in [0.25, 0.3) is 0 Å². The lowest BCUT2D eigenvalue weighted by Gasteiger charge is -2.49. The summed E-state index contributed by atoms with van der Waals surface area (Å²) in [5.74, 6) is -0.513. The molecule has 4 aromatic carbocycles. The predicted molar refractivity (Wildman–Crippen MR) is 142 cm³/mol. The van der Waals surface area contributed by atoms with Crippen molar-refractivity contribution in [1.29, 1.82) is 0 Å². The minimum absolute atomic E-state index is 0.395. The van der Waals surface area contributed by atoms with E-state index in [9.17, 15) is 9.59 Å². The zero-order valence-electron chi connectivity index (χ0n) is 20.7. The molecule has 1 aliphatic carbocycles. The Balaban J connectivity index is 1.58. The van der Waals surface area contributed by atoms with Crippen LogP contribution in [0.25, 0.3) is 11.1 Å². The predicted octanol–water partition coefficient (Wildman–Crippen LogP) is 6.29. The fourth-order valence-electron chi connectivity index (χ4n) is 5.52. The number of methoxy groups -OCH3 is 2. The molecule has 4 aromatic rings. The van der Waals surface area contributed by atoms with Crippen LogP contribution in [0.15, 0.2) is 103 Å². The van der Waals surface area contributed by atoms with Crippen LogP contribution in [0.3, 0.4) is 0 Å². The highest BCUT2D eigenvalue weighted by Crippen LogP contribution is 2.59. The summed E-state index contributed by atoms with van der Waals surface area (Å²) in [7, 11) is 3.18. The van der Waals surface area contributed by atoms with Crippen LogP contribution in [0.5, 0.6) is 17.2 Å². The van der Waals surface area contributed by atoms with E-state index in [4.69, 9.17) is 14.2 Å². The monoisotopic (exact) mass is 492 g/mol. The summed E-state index contributed by atoms with van der Waals surface area (Å²) in [5, 5.41) is 0. The highest BCUT2D eigenvalue weighted by atomic mass is 16.5. The third-order valence-corrected chi connectivity index (χ3v) is 7.21. The lowest BCUT2D eigenvalue weighted by Crippen LogP contribution is -2.49. The molecule has 0 saturated heterocycles. The van der Waals surface area contributed by atoms with E-state index in [-0.39, 0.29) is 0 Å². The van der Waals surface area contributed by atoms with Gasteiger partial charge in [-0.3, -0.25) is 4.79 Å². The fourth-order valence-corrected chi connectivity index (χ4v) is 5.52. The lowest BCUT2D eigenvalue weighted by atomic mass is 9.52. The Morgan fingerprint density at radius 3 is 1.68 bits per heavy atom. The minimum atomic E-state index is -0.619. The van der Waals surface area contributed by atoms with Crippen molar-refractivity contribution in [2.24, 2.45) is 11.8 Å². The van der Waals surface area contributed by atoms with Crippen molar-refractivity contribution in [3.05, 3.63) is 114 Å². The van der Waals surface area contributed by atoms with Crippen molar-refractivity contribution < 1.29 is 23.8 Å². The fraction of sp³-hybridized carbons (Fsp3) is 0.188. The maximum atomic E-state index is 14.0. The second-order valence-corrected chi connectivity index (χ2v) is 9.06. The van der Waals surface area contributed by atoms with E-state index in [2.05, 4.69) is 0 Å². The van der Waals surface area contributed by atoms with Crippen LogP contribution in [-0.2, 0) is 9.59 Å². The number of esters is 1. The molecule has 1 fully saturated rings. The van der Waals surface area contributed by atoms with Gasteiger partial charge in [-0.05, 0) is 34.9 Å². The van der Waals surface area contributed by atoms with Gasteiger partial charge in [-0.15, -0.1) is 0 Å². The smallest absolute Gasteiger partial charge is 0.315 e. The first-order valence-electron chi connectivity index (χ1n) is 12.2. The molecule has 0 spiro atoms. The number of hydrogen-bond acceptors (Lipinski definition) is 5. The van der Waals surface area contributed by atoms with E-state index in [1.807, 2.05) is 97.1 Å². The van der Waals surface area contributed by atoms with Crippen molar-refractivity contribution in [2.45, 2.75) is 11.8 Å². The van der Waals surface area contributed by atoms with Gasteiger partial charge in [0.2, 0.25) is 0 Å². The largest absolute Gasteiger partial charge is 0.496 e. The SMILES string of the molecule is COc1ccccc1[C@H]1[C@H](C=O)[C@H](c2ccccc2OC)[C@H]1C(=O)Oc1ccccc1-c1ccccc1. The Hall–Kier alpha value is -4.38. The molecule has 5 heteroatoms. The van der Waals surface area contributed by atoms with Gasteiger partial charge in [-0.1, -0.05) is 84.9 Å². The van der Waals surface area contributed by atoms with E-state index in [0.717, 1.165) is 28.5 Å². The first-order chi connectivity index (χ1) is 18.2. The summed E-state index contributed by atoms with van der Waals surface area (Å²) in [4.78, 5) is 26.5. The van der Waals surface area contributed by atoms with Crippen LogP contribution < -0.4 is 14.2 Å².